The van der Waals surface area contributed by atoms with Crippen molar-refractivity contribution in [3.05, 3.63) is 29.8 Å². The highest BCUT2D eigenvalue weighted by Crippen LogP contribution is 2.54. The standard InChI is InChI=1S/C17H22N2O3/c1-17(2,3)22-16(21)18-14-12-9-11(12)10-7-5-6-8-13(10)19(4)15(14)20/h5-8,11-12,14H,9H2,1-4H3,(H,18,21)/t11?,12-,14+/m0/s1. The molecule has 0 spiro atoms. The van der Waals surface area contributed by atoms with Crippen molar-refractivity contribution in [3.8, 4) is 0 Å². The second-order valence-corrected chi connectivity index (χ2v) is 7.09. The first-order chi connectivity index (χ1) is 10.3. The van der Waals surface area contributed by atoms with E-state index in [1.54, 1.807) is 11.9 Å². The van der Waals surface area contributed by atoms with Gasteiger partial charge in [0.15, 0.2) is 0 Å². The molecule has 1 heterocycles. The molecule has 1 aromatic carbocycles. The number of nitrogens with zero attached hydrogens (tertiary/aromatic N) is 1. The van der Waals surface area contributed by atoms with Crippen molar-refractivity contribution in [3.63, 3.8) is 0 Å². The summed E-state index contributed by atoms with van der Waals surface area (Å²) in [7, 11) is 1.76. The second kappa shape index (κ2) is 5.00. The zero-order valence-electron chi connectivity index (χ0n) is 13.4. The SMILES string of the molecule is CN1C(=O)[C@H](NC(=O)OC(C)(C)C)[C@H]2CC2c2ccccc21. The Hall–Kier alpha value is -2.04. The molecule has 3 atom stereocenters. The number of hydrogen-bond donors (Lipinski definition) is 1. The minimum Gasteiger partial charge on any atom is -0.444 e. The van der Waals surface area contributed by atoms with Gasteiger partial charge in [0.2, 0.25) is 5.91 Å². The molecule has 1 aliphatic heterocycles. The minimum atomic E-state index is -0.574. The number of carbonyl (C=O) groups is 2. The highest BCUT2D eigenvalue weighted by molar-refractivity contribution is 6.00. The third-order valence-corrected chi connectivity index (χ3v) is 4.23. The lowest BCUT2D eigenvalue weighted by molar-refractivity contribution is -0.120. The van der Waals surface area contributed by atoms with E-state index in [9.17, 15) is 9.59 Å². The topological polar surface area (TPSA) is 58.6 Å². The fraction of sp³-hybridized carbons (Fsp3) is 0.529. The van der Waals surface area contributed by atoms with Crippen LogP contribution in [0.1, 0.15) is 38.7 Å². The van der Waals surface area contributed by atoms with Crippen LogP contribution in [-0.2, 0) is 9.53 Å². The molecule has 2 amide bonds. The van der Waals surface area contributed by atoms with E-state index < -0.39 is 17.7 Å². The highest BCUT2D eigenvalue weighted by atomic mass is 16.6. The predicted molar refractivity (Wildman–Crippen MR) is 83.9 cm³/mol. The van der Waals surface area contributed by atoms with E-state index in [1.165, 1.54) is 5.56 Å². The normalized spacial score (nSPS) is 26.6. The molecular weight excluding hydrogens is 280 g/mol. The van der Waals surface area contributed by atoms with E-state index in [0.29, 0.717) is 5.92 Å². The molecule has 0 radical (unpaired) electrons. The summed E-state index contributed by atoms with van der Waals surface area (Å²) in [5.41, 5.74) is 1.56. The molecule has 1 aromatic rings. The number of ether oxygens (including phenoxy) is 1. The van der Waals surface area contributed by atoms with E-state index >= 15 is 0 Å². The molecule has 1 aliphatic carbocycles. The first-order valence-electron chi connectivity index (χ1n) is 7.64. The van der Waals surface area contributed by atoms with Crippen LogP contribution in [-0.4, -0.2) is 30.7 Å². The van der Waals surface area contributed by atoms with Crippen LogP contribution in [0.2, 0.25) is 0 Å². The Balaban J connectivity index is 1.81. The molecule has 0 aromatic heterocycles. The lowest BCUT2D eigenvalue weighted by atomic mass is 10.1. The summed E-state index contributed by atoms with van der Waals surface area (Å²) >= 11 is 0. The van der Waals surface area contributed by atoms with Crippen LogP contribution in [0.25, 0.3) is 0 Å². The van der Waals surface area contributed by atoms with Crippen molar-refractivity contribution in [1.82, 2.24) is 5.32 Å². The maximum absolute atomic E-state index is 12.7. The van der Waals surface area contributed by atoms with Crippen LogP contribution in [0, 0.1) is 5.92 Å². The van der Waals surface area contributed by atoms with Gasteiger partial charge in [-0.3, -0.25) is 4.79 Å². The van der Waals surface area contributed by atoms with Gasteiger partial charge in [-0.05, 0) is 50.7 Å². The zero-order valence-corrected chi connectivity index (χ0v) is 13.4. The van der Waals surface area contributed by atoms with Crippen molar-refractivity contribution in [2.75, 3.05) is 11.9 Å². The highest BCUT2D eigenvalue weighted by Gasteiger charge is 2.52. The fourth-order valence-electron chi connectivity index (χ4n) is 3.16. The Kier molecular flexibility index (Phi) is 3.38. The summed E-state index contributed by atoms with van der Waals surface area (Å²) in [4.78, 5) is 26.4. The monoisotopic (exact) mass is 302 g/mol. The molecule has 1 N–H and O–H groups in total. The molecule has 1 fully saturated rings. The van der Waals surface area contributed by atoms with Crippen molar-refractivity contribution in [2.24, 2.45) is 5.92 Å². The number of nitrogens with one attached hydrogen (secondary N) is 1. The Morgan fingerprint density at radius 1 is 1.32 bits per heavy atom. The van der Waals surface area contributed by atoms with E-state index in [1.807, 2.05) is 39.0 Å². The van der Waals surface area contributed by atoms with E-state index in [4.69, 9.17) is 4.74 Å². The number of hydrogen-bond acceptors (Lipinski definition) is 3. The summed E-state index contributed by atoms with van der Waals surface area (Å²) < 4.78 is 5.29. The number of benzene rings is 1. The van der Waals surface area contributed by atoms with E-state index in [0.717, 1.165) is 12.1 Å². The van der Waals surface area contributed by atoms with Gasteiger partial charge in [0, 0.05) is 12.7 Å². The zero-order chi connectivity index (χ0) is 16.1. The molecule has 118 valence electrons. The number of alkyl carbamates (subject to hydrolysis) is 1. The van der Waals surface area contributed by atoms with Crippen LogP contribution in [0.3, 0.4) is 0 Å². The summed E-state index contributed by atoms with van der Waals surface area (Å²) in [5.74, 6) is 0.416. The minimum absolute atomic E-state index is 0.0803. The Labute approximate surface area is 130 Å². The van der Waals surface area contributed by atoms with Gasteiger partial charge in [0.05, 0.1) is 0 Å². The average molecular weight is 302 g/mol. The predicted octanol–water partition coefficient (Wildman–Crippen LogP) is 2.66. The number of likely N-dealkylation sites (N-methyl/N-ethyl adjacent to an activating group) is 1. The molecule has 5 nitrogen and oxygen atoms in total. The lowest BCUT2D eigenvalue weighted by Crippen LogP contribution is -2.49. The number of para-hydroxylation sites is 1. The molecular formula is C17H22N2O3. The number of carbonyl (C=O) groups excluding carboxylic acids is 2. The van der Waals surface area contributed by atoms with E-state index in [-0.39, 0.29) is 11.8 Å². The van der Waals surface area contributed by atoms with Gasteiger partial charge < -0.3 is 15.0 Å². The molecule has 5 heteroatoms. The van der Waals surface area contributed by atoms with Crippen molar-refractivity contribution >= 4 is 17.7 Å². The van der Waals surface area contributed by atoms with Crippen LogP contribution in [0.5, 0.6) is 0 Å². The molecule has 1 unspecified atom stereocenters. The molecule has 2 aliphatic rings. The smallest absolute Gasteiger partial charge is 0.408 e. The van der Waals surface area contributed by atoms with Gasteiger partial charge in [-0.15, -0.1) is 0 Å². The quantitative estimate of drug-likeness (QED) is 0.867. The molecule has 0 saturated heterocycles. The number of amides is 2. The van der Waals surface area contributed by atoms with Gasteiger partial charge in [-0.2, -0.15) is 0 Å². The van der Waals surface area contributed by atoms with Crippen LogP contribution in [0.4, 0.5) is 10.5 Å². The van der Waals surface area contributed by atoms with Crippen LogP contribution in [0.15, 0.2) is 24.3 Å². The molecule has 0 bridgehead atoms. The van der Waals surface area contributed by atoms with Crippen molar-refractivity contribution in [1.29, 1.82) is 0 Å². The van der Waals surface area contributed by atoms with Gasteiger partial charge in [0.1, 0.15) is 11.6 Å². The van der Waals surface area contributed by atoms with Crippen LogP contribution < -0.4 is 10.2 Å². The van der Waals surface area contributed by atoms with Gasteiger partial charge in [0.25, 0.3) is 0 Å². The summed E-state index contributed by atoms with van der Waals surface area (Å²) in [6, 6.07) is 7.44. The largest absolute Gasteiger partial charge is 0.444 e. The van der Waals surface area contributed by atoms with E-state index in [2.05, 4.69) is 11.4 Å². The maximum atomic E-state index is 12.7. The van der Waals surface area contributed by atoms with Crippen molar-refractivity contribution < 1.29 is 14.3 Å². The number of rotatable bonds is 1. The summed E-state index contributed by atoms with van der Waals surface area (Å²) in [5, 5.41) is 2.77. The molecule has 1 saturated carbocycles. The van der Waals surface area contributed by atoms with Gasteiger partial charge >= 0.3 is 6.09 Å². The fourth-order valence-corrected chi connectivity index (χ4v) is 3.16. The number of anilines is 1. The first kappa shape index (κ1) is 14.9. The van der Waals surface area contributed by atoms with Crippen LogP contribution >= 0.6 is 0 Å². The first-order valence-corrected chi connectivity index (χ1v) is 7.64. The van der Waals surface area contributed by atoms with Gasteiger partial charge in [-0.1, -0.05) is 18.2 Å². The van der Waals surface area contributed by atoms with Gasteiger partial charge in [-0.25, -0.2) is 4.79 Å². The number of fused-ring (bicyclic) bond motifs is 3. The third-order valence-electron chi connectivity index (χ3n) is 4.23. The Bertz CT molecular complexity index is 621. The second-order valence-electron chi connectivity index (χ2n) is 7.09. The summed E-state index contributed by atoms with van der Waals surface area (Å²) in [6.07, 6.45) is 0.396. The molecule has 3 rings (SSSR count). The van der Waals surface area contributed by atoms with Crippen molar-refractivity contribution in [2.45, 2.75) is 44.8 Å². The maximum Gasteiger partial charge on any atom is 0.408 e. The molecule has 22 heavy (non-hydrogen) atoms. The summed E-state index contributed by atoms with van der Waals surface area (Å²) in [6.45, 7) is 5.43. The Morgan fingerprint density at radius 2 is 2.00 bits per heavy atom. The lowest BCUT2D eigenvalue weighted by Gasteiger charge is -2.25. The third kappa shape index (κ3) is 2.67. The Morgan fingerprint density at radius 3 is 2.68 bits per heavy atom. The average Bonchev–Trinajstić information content (AvgIpc) is 3.21.